The van der Waals surface area contributed by atoms with Crippen molar-refractivity contribution in [2.75, 3.05) is 0 Å². The van der Waals surface area contributed by atoms with Gasteiger partial charge in [0.25, 0.3) is 0 Å². The number of carbonyl (C=O) groups excluding carboxylic acids is 1. The van der Waals surface area contributed by atoms with E-state index >= 15 is 0 Å². The minimum Gasteiger partial charge on any atom is -0.439 e. The Bertz CT molecular complexity index is 920. The molecular weight excluding hydrogens is 352 g/mol. The summed E-state index contributed by atoms with van der Waals surface area (Å²) in [5, 5.41) is 2.80. The second kappa shape index (κ2) is 8.84. The summed E-state index contributed by atoms with van der Waals surface area (Å²) in [6.07, 6.45) is 4.04. The van der Waals surface area contributed by atoms with Crippen molar-refractivity contribution >= 4 is 5.91 Å². The molecule has 0 atom stereocenters. The molecule has 138 valence electrons. The SMILES string of the molecule is O=C(CCc1ccccn1)NCc1cccnc1Oc1ccc(F)c(F)c1. The fourth-order valence-corrected chi connectivity index (χ4v) is 2.37. The first-order valence-electron chi connectivity index (χ1n) is 8.35. The summed E-state index contributed by atoms with van der Waals surface area (Å²) >= 11 is 0. The first-order valence-corrected chi connectivity index (χ1v) is 8.35. The van der Waals surface area contributed by atoms with Gasteiger partial charge in [-0.2, -0.15) is 0 Å². The van der Waals surface area contributed by atoms with Crippen LogP contribution in [0.3, 0.4) is 0 Å². The zero-order chi connectivity index (χ0) is 19.1. The molecule has 1 N–H and O–H groups in total. The fraction of sp³-hybridized carbons (Fsp3) is 0.150. The van der Waals surface area contributed by atoms with E-state index in [9.17, 15) is 13.6 Å². The standard InChI is InChI=1S/C20H17F2N3O2/c21-17-8-7-16(12-18(17)22)27-20-14(4-3-11-24-20)13-25-19(26)9-6-15-5-1-2-10-23-15/h1-5,7-8,10-12H,6,9,13H2,(H,25,26). The molecule has 0 aliphatic rings. The molecule has 0 saturated carbocycles. The predicted molar refractivity (Wildman–Crippen MR) is 95.1 cm³/mol. The molecule has 0 fully saturated rings. The van der Waals surface area contributed by atoms with Crippen LogP contribution in [-0.4, -0.2) is 15.9 Å². The van der Waals surface area contributed by atoms with Gasteiger partial charge in [-0.25, -0.2) is 13.8 Å². The molecule has 7 heteroatoms. The summed E-state index contributed by atoms with van der Waals surface area (Å²) in [6, 6.07) is 12.2. The number of ether oxygens (including phenoxy) is 1. The van der Waals surface area contributed by atoms with Gasteiger partial charge in [0.05, 0.1) is 0 Å². The third kappa shape index (κ3) is 5.31. The number of benzene rings is 1. The van der Waals surface area contributed by atoms with Gasteiger partial charge >= 0.3 is 0 Å². The highest BCUT2D eigenvalue weighted by Crippen LogP contribution is 2.24. The highest BCUT2D eigenvalue weighted by atomic mass is 19.2. The lowest BCUT2D eigenvalue weighted by atomic mass is 10.2. The summed E-state index contributed by atoms with van der Waals surface area (Å²) in [5.41, 5.74) is 1.46. The van der Waals surface area contributed by atoms with E-state index < -0.39 is 11.6 Å². The number of amides is 1. The molecule has 0 saturated heterocycles. The van der Waals surface area contributed by atoms with Crippen molar-refractivity contribution in [1.29, 1.82) is 0 Å². The monoisotopic (exact) mass is 369 g/mol. The molecule has 5 nitrogen and oxygen atoms in total. The Labute approximate surface area is 155 Å². The van der Waals surface area contributed by atoms with Gasteiger partial charge in [-0.15, -0.1) is 0 Å². The van der Waals surface area contributed by atoms with Gasteiger partial charge in [-0.3, -0.25) is 9.78 Å². The minimum atomic E-state index is -1.01. The van der Waals surface area contributed by atoms with Crippen molar-refractivity contribution in [2.24, 2.45) is 0 Å². The number of hydrogen-bond donors (Lipinski definition) is 1. The van der Waals surface area contributed by atoms with Crippen molar-refractivity contribution in [2.45, 2.75) is 19.4 Å². The Kier molecular flexibility index (Phi) is 6.04. The highest BCUT2D eigenvalue weighted by molar-refractivity contribution is 5.76. The van der Waals surface area contributed by atoms with E-state index in [1.54, 1.807) is 18.3 Å². The van der Waals surface area contributed by atoms with Crippen LogP contribution < -0.4 is 10.1 Å². The van der Waals surface area contributed by atoms with Gasteiger partial charge in [-0.05, 0) is 36.8 Å². The molecule has 0 aliphatic heterocycles. The van der Waals surface area contributed by atoms with E-state index in [4.69, 9.17) is 4.74 Å². The predicted octanol–water partition coefficient (Wildman–Crippen LogP) is 3.80. The van der Waals surface area contributed by atoms with E-state index in [0.29, 0.717) is 18.4 Å². The van der Waals surface area contributed by atoms with Crippen LogP contribution >= 0.6 is 0 Å². The van der Waals surface area contributed by atoms with Gasteiger partial charge in [0.15, 0.2) is 11.6 Å². The van der Waals surface area contributed by atoms with E-state index in [1.807, 2.05) is 18.2 Å². The number of aryl methyl sites for hydroxylation is 1. The van der Waals surface area contributed by atoms with Crippen LogP contribution in [0.25, 0.3) is 0 Å². The Morgan fingerprint density at radius 1 is 1.00 bits per heavy atom. The molecule has 0 aliphatic carbocycles. The van der Waals surface area contributed by atoms with Crippen LogP contribution in [0.5, 0.6) is 11.6 Å². The second-order valence-corrected chi connectivity index (χ2v) is 5.74. The molecule has 0 bridgehead atoms. The summed E-state index contributed by atoms with van der Waals surface area (Å²) in [7, 11) is 0. The zero-order valence-electron chi connectivity index (χ0n) is 14.4. The van der Waals surface area contributed by atoms with E-state index in [0.717, 1.165) is 17.8 Å². The van der Waals surface area contributed by atoms with Crippen LogP contribution in [-0.2, 0) is 17.8 Å². The Balaban J connectivity index is 1.58. The topological polar surface area (TPSA) is 64.1 Å². The summed E-state index contributed by atoms with van der Waals surface area (Å²) in [6.45, 7) is 0.202. The maximum absolute atomic E-state index is 13.3. The maximum Gasteiger partial charge on any atom is 0.224 e. The number of carbonyl (C=O) groups is 1. The maximum atomic E-state index is 13.3. The van der Waals surface area contributed by atoms with Gasteiger partial charge < -0.3 is 10.1 Å². The number of aromatic nitrogens is 2. The number of hydrogen-bond acceptors (Lipinski definition) is 4. The average molecular weight is 369 g/mol. The van der Waals surface area contributed by atoms with Crippen molar-refractivity contribution in [3.8, 4) is 11.6 Å². The number of nitrogens with zero attached hydrogens (tertiary/aromatic N) is 2. The molecule has 0 spiro atoms. The van der Waals surface area contributed by atoms with Crippen molar-refractivity contribution in [3.63, 3.8) is 0 Å². The number of pyridine rings is 2. The van der Waals surface area contributed by atoms with Crippen LogP contribution in [0.15, 0.2) is 60.9 Å². The summed E-state index contributed by atoms with van der Waals surface area (Å²) < 4.78 is 31.9. The molecule has 1 aromatic carbocycles. The summed E-state index contributed by atoms with van der Waals surface area (Å²) in [5.74, 6) is -1.76. The van der Waals surface area contributed by atoms with Crippen molar-refractivity contribution in [1.82, 2.24) is 15.3 Å². The lowest BCUT2D eigenvalue weighted by Crippen LogP contribution is -2.23. The van der Waals surface area contributed by atoms with E-state index in [-0.39, 0.29) is 24.1 Å². The van der Waals surface area contributed by atoms with Crippen LogP contribution in [0.1, 0.15) is 17.7 Å². The van der Waals surface area contributed by atoms with E-state index in [1.165, 1.54) is 12.3 Å². The van der Waals surface area contributed by atoms with Gasteiger partial charge in [0.1, 0.15) is 5.75 Å². The normalized spacial score (nSPS) is 10.4. The lowest BCUT2D eigenvalue weighted by Gasteiger charge is -2.11. The first-order chi connectivity index (χ1) is 13.1. The second-order valence-electron chi connectivity index (χ2n) is 5.74. The number of halogens is 2. The number of rotatable bonds is 7. The third-order valence-electron chi connectivity index (χ3n) is 3.77. The molecular formula is C20H17F2N3O2. The molecule has 1 amide bonds. The molecule has 2 heterocycles. The van der Waals surface area contributed by atoms with Crippen molar-refractivity contribution < 1.29 is 18.3 Å². The van der Waals surface area contributed by atoms with Gasteiger partial charge in [0, 0.05) is 42.7 Å². The molecule has 3 aromatic rings. The van der Waals surface area contributed by atoms with Crippen LogP contribution in [0, 0.1) is 11.6 Å². The quantitative estimate of drug-likeness (QED) is 0.688. The first kappa shape index (κ1) is 18.4. The van der Waals surface area contributed by atoms with Crippen LogP contribution in [0.4, 0.5) is 8.78 Å². The molecule has 3 rings (SSSR count). The average Bonchev–Trinajstić information content (AvgIpc) is 2.69. The Hall–Kier alpha value is -3.35. The zero-order valence-corrected chi connectivity index (χ0v) is 14.4. The molecule has 0 radical (unpaired) electrons. The lowest BCUT2D eigenvalue weighted by molar-refractivity contribution is -0.121. The third-order valence-corrected chi connectivity index (χ3v) is 3.77. The smallest absolute Gasteiger partial charge is 0.224 e. The summed E-state index contributed by atoms with van der Waals surface area (Å²) in [4.78, 5) is 20.3. The van der Waals surface area contributed by atoms with Crippen LogP contribution in [0.2, 0.25) is 0 Å². The Morgan fingerprint density at radius 2 is 1.85 bits per heavy atom. The largest absolute Gasteiger partial charge is 0.439 e. The van der Waals surface area contributed by atoms with E-state index in [2.05, 4.69) is 15.3 Å². The molecule has 2 aromatic heterocycles. The number of nitrogens with one attached hydrogen (secondary N) is 1. The Morgan fingerprint density at radius 3 is 2.63 bits per heavy atom. The van der Waals surface area contributed by atoms with Crippen molar-refractivity contribution in [3.05, 3.63) is 83.8 Å². The van der Waals surface area contributed by atoms with Gasteiger partial charge in [0.2, 0.25) is 11.8 Å². The molecule has 27 heavy (non-hydrogen) atoms. The minimum absolute atomic E-state index is 0.121. The highest BCUT2D eigenvalue weighted by Gasteiger charge is 2.10. The fourth-order valence-electron chi connectivity index (χ4n) is 2.37. The van der Waals surface area contributed by atoms with Gasteiger partial charge in [-0.1, -0.05) is 12.1 Å². The molecule has 0 unspecified atom stereocenters.